The van der Waals surface area contributed by atoms with E-state index in [0.29, 0.717) is 12.1 Å². The number of sulfone groups is 1. The molecule has 0 spiro atoms. The molecule has 4 nitrogen and oxygen atoms in total. The van der Waals surface area contributed by atoms with Crippen LogP contribution in [0.25, 0.3) is 0 Å². The molecule has 144 valence electrons. The molecule has 3 aromatic rings. The molecule has 1 aliphatic rings. The standard InChI is InChI=1S/C22H21NO3S2/c1-3-15-6-8-16(9-7-15)18-12-20(24)23-21-19(13-27-22(18)21)28(25,26)17-10-4-14(2)5-11-17/h4-11,13,18H,3,12H2,1-2H3,(H,23,24). The molecule has 0 saturated heterocycles. The van der Waals surface area contributed by atoms with Crippen molar-refractivity contribution in [2.75, 3.05) is 5.32 Å². The zero-order valence-corrected chi connectivity index (χ0v) is 17.4. The summed E-state index contributed by atoms with van der Waals surface area (Å²) in [6.07, 6.45) is 1.28. The Kier molecular flexibility index (Phi) is 4.85. The van der Waals surface area contributed by atoms with Crippen molar-refractivity contribution < 1.29 is 13.2 Å². The molecule has 0 saturated carbocycles. The Morgan fingerprint density at radius 2 is 1.75 bits per heavy atom. The lowest BCUT2D eigenvalue weighted by Crippen LogP contribution is -2.23. The lowest BCUT2D eigenvalue weighted by Gasteiger charge is -2.24. The molecule has 28 heavy (non-hydrogen) atoms. The van der Waals surface area contributed by atoms with Crippen LogP contribution < -0.4 is 5.32 Å². The van der Waals surface area contributed by atoms with Crippen LogP contribution in [0.4, 0.5) is 5.69 Å². The van der Waals surface area contributed by atoms with E-state index in [0.717, 1.165) is 22.4 Å². The number of nitrogens with one attached hydrogen (secondary N) is 1. The van der Waals surface area contributed by atoms with Gasteiger partial charge in [0, 0.05) is 22.6 Å². The number of carbonyl (C=O) groups excluding carboxylic acids is 1. The van der Waals surface area contributed by atoms with Crippen LogP contribution in [0.2, 0.25) is 0 Å². The summed E-state index contributed by atoms with van der Waals surface area (Å²) in [5.41, 5.74) is 3.70. The summed E-state index contributed by atoms with van der Waals surface area (Å²) >= 11 is 1.40. The number of hydrogen-bond acceptors (Lipinski definition) is 4. The van der Waals surface area contributed by atoms with Gasteiger partial charge in [-0.05, 0) is 36.6 Å². The predicted octanol–water partition coefficient (Wildman–Crippen LogP) is 4.93. The van der Waals surface area contributed by atoms with Gasteiger partial charge >= 0.3 is 0 Å². The van der Waals surface area contributed by atoms with Crippen molar-refractivity contribution in [3.8, 4) is 0 Å². The molecule has 6 heteroatoms. The number of thiophene rings is 1. The van der Waals surface area contributed by atoms with Crippen molar-refractivity contribution in [3.05, 3.63) is 75.5 Å². The highest BCUT2D eigenvalue weighted by Gasteiger charge is 2.34. The SMILES string of the molecule is CCc1ccc(C2CC(=O)Nc3c(S(=O)(=O)c4ccc(C)cc4)csc32)cc1. The highest BCUT2D eigenvalue weighted by molar-refractivity contribution is 7.91. The quantitative estimate of drug-likeness (QED) is 0.662. The summed E-state index contributed by atoms with van der Waals surface area (Å²) in [7, 11) is -3.70. The van der Waals surface area contributed by atoms with Crippen LogP contribution in [0.5, 0.6) is 0 Å². The first-order valence-corrected chi connectivity index (χ1v) is 11.6. The Labute approximate surface area is 169 Å². The average Bonchev–Trinajstić information content (AvgIpc) is 3.12. The van der Waals surface area contributed by atoms with Crippen molar-refractivity contribution in [2.24, 2.45) is 0 Å². The van der Waals surface area contributed by atoms with Gasteiger partial charge in [-0.3, -0.25) is 4.79 Å². The number of hydrogen-bond donors (Lipinski definition) is 1. The molecule has 2 heterocycles. The van der Waals surface area contributed by atoms with E-state index in [-0.39, 0.29) is 21.6 Å². The number of rotatable bonds is 4. The van der Waals surface area contributed by atoms with Crippen LogP contribution in [0.15, 0.2) is 63.7 Å². The summed E-state index contributed by atoms with van der Waals surface area (Å²) in [6.45, 7) is 4.01. The van der Waals surface area contributed by atoms with E-state index in [9.17, 15) is 13.2 Å². The molecular weight excluding hydrogens is 390 g/mol. The third kappa shape index (κ3) is 3.27. The molecule has 2 aromatic carbocycles. The Balaban J connectivity index is 1.79. The van der Waals surface area contributed by atoms with Gasteiger partial charge in [0.05, 0.1) is 10.6 Å². The fourth-order valence-corrected chi connectivity index (χ4v) is 6.41. The number of amides is 1. The van der Waals surface area contributed by atoms with Crippen LogP contribution in [0, 0.1) is 6.92 Å². The lowest BCUT2D eigenvalue weighted by atomic mass is 9.90. The molecule has 1 unspecified atom stereocenters. The number of aryl methyl sites for hydroxylation is 2. The van der Waals surface area contributed by atoms with E-state index in [1.54, 1.807) is 29.6 Å². The molecule has 4 rings (SSSR count). The molecule has 1 aliphatic heterocycles. The molecule has 0 radical (unpaired) electrons. The van der Waals surface area contributed by atoms with Gasteiger partial charge in [-0.2, -0.15) is 0 Å². The second kappa shape index (κ2) is 7.18. The number of fused-ring (bicyclic) bond motifs is 1. The fourth-order valence-electron chi connectivity index (χ4n) is 3.50. The van der Waals surface area contributed by atoms with E-state index in [4.69, 9.17) is 0 Å². The van der Waals surface area contributed by atoms with Gasteiger partial charge < -0.3 is 5.32 Å². The maximum atomic E-state index is 13.2. The summed E-state index contributed by atoms with van der Waals surface area (Å²) < 4.78 is 26.3. The number of carbonyl (C=O) groups is 1. The molecule has 0 aliphatic carbocycles. The highest BCUT2D eigenvalue weighted by atomic mass is 32.2. The minimum Gasteiger partial charge on any atom is -0.324 e. The minimum absolute atomic E-state index is 0.123. The number of benzene rings is 2. The fraction of sp³-hybridized carbons (Fsp3) is 0.227. The molecular formula is C22H21NO3S2. The first kappa shape index (κ1) is 18.9. The normalized spacial score (nSPS) is 16.5. The van der Waals surface area contributed by atoms with E-state index in [1.165, 1.54) is 16.9 Å². The van der Waals surface area contributed by atoms with Crippen molar-refractivity contribution in [1.82, 2.24) is 0 Å². The monoisotopic (exact) mass is 411 g/mol. The Bertz CT molecular complexity index is 1130. The van der Waals surface area contributed by atoms with Gasteiger partial charge in [0.1, 0.15) is 4.90 Å². The first-order chi connectivity index (χ1) is 13.4. The Morgan fingerprint density at radius 1 is 1.07 bits per heavy atom. The van der Waals surface area contributed by atoms with E-state index < -0.39 is 9.84 Å². The van der Waals surface area contributed by atoms with Crippen LogP contribution >= 0.6 is 11.3 Å². The first-order valence-electron chi connectivity index (χ1n) is 9.22. The molecule has 1 N–H and O–H groups in total. The van der Waals surface area contributed by atoms with Crippen LogP contribution in [-0.4, -0.2) is 14.3 Å². The highest BCUT2D eigenvalue weighted by Crippen LogP contribution is 2.45. The predicted molar refractivity (Wildman–Crippen MR) is 112 cm³/mol. The topological polar surface area (TPSA) is 63.2 Å². The summed E-state index contributed by atoms with van der Waals surface area (Å²) in [4.78, 5) is 13.7. The summed E-state index contributed by atoms with van der Waals surface area (Å²) in [6, 6.07) is 15.0. The van der Waals surface area contributed by atoms with Gasteiger partial charge in [-0.25, -0.2) is 8.42 Å². The van der Waals surface area contributed by atoms with Crippen LogP contribution in [0.1, 0.15) is 40.8 Å². The molecule has 0 fully saturated rings. The molecule has 0 bridgehead atoms. The molecule has 1 amide bonds. The lowest BCUT2D eigenvalue weighted by molar-refractivity contribution is -0.116. The Morgan fingerprint density at radius 3 is 2.39 bits per heavy atom. The summed E-state index contributed by atoms with van der Waals surface area (Å²) in [5.74, 6) is -0.280. The second-order valence-corrected chi connectivity index (χ2v) is 9.89. The van der Waals surface area contributed by atoms with Crippen LogP contribution in [0.3, 0.4) is 0 Å². The maximum Gasteiger partial charge on any atom is 0.225 e. The largest absolute Gasteiger partial charge is 0.324 e. The summed E-state index contributed by atoms with van der Waals surface area (Å²) in [5, 5.41) is 4.46. The Hall–Kier alpha value is -2.44. The van der Waals surface area contributed by atoms with E-state index >= 15 is 0 Å². The van der Waals surface area contributed by atoms with Gasteiger partial charge in [-0.15, -0.1) is 11.3 Å². The maximum absolute atomic E-state index is 13.2. The smallest absolute Gasteiger partial charge is 0.225 e. The van der Waals surface area contributed by atoms with Gasteiger partial charge in [0.15, 0.2) is 0 Å². The van der Waals surface area contributed by atoms with Crippen molar-refractivity contribution >= 4 is 32.8 Å². The third-order valence-corrected chi connectivity index (χ3v) is 8.21. The van der Waals surface area contributed by atoms with Crippen molar-refractivity contribution in [2.45, 2.75) is 42.4 Å². The third-order valence-electron chi connectivity index (χ3n) is 5.17. The van der Waals surface area contributed by atoms with Crippen molar-refractivity contribution in [1.29, 1.82) is 0 Å². The number of anilines is 1. The van der Waals surface area contributed by atoms with E-state index in [1.807, 2.05) is 19.1 Å². The van der Waals surface area contributed by atoms with Gasteiger partial charge in [0.2, 0.25) is 15.7 Å². The van der Waals surface area contributed by atoms with Crippen molar-refractivity contribution in [3.63, 3.8) is 0 Å². The molecule has 1 atom stereocenters. The minimum atomic E-state index is -3.70. The zero-order chi connectivity index (χ0) is 19.9. The average molecular weight is 412 g/mol. The van der Waals surface area contributed by atoms with E-state index in [2.05, 4.69) is 24.4 Å². The van der Waals surface area contributed by atoms with Crippen LogP contribution in [-0.2, 0) is 21.1 Å². The van der Waals surface area contributed by atoms with Gasteiger partial charge in [-0.1, -0.05) is 48.9 Å². The zero-order valence-electron chi connectivity index (χ0n) is 15.7. The van der Waals surface area contributed by atoms with Gasteiger partial charge in [0.25, 0.3) is 0 Å². The molecule has 1 aromatic heterocycles. The second-order valence-electron chi connectivity index (χ2n) is 7.06.